The van der Waals surface area contributed by atoms with Crippen LogP contribution in [0.5, 0.6) is 0 Å². The molecular formula is C20H19N3O2S2. The number of rotatable bonds is 6. The van der Waals surface area contributed by atoms with Crippen LogP contribution in [0, 0.1) is 0 Å². The highest BCUT2D eigenvalue weighted by atomic mass is 32.2. The first-order chi connectivity index (χ1) is 13.2. The molecule has 0 amide bonds. The van der Waals surface area contributed by atoms with E-state index in [4.69, 9.17) is 9.40 Å². The summed E-state index contributed by atoms with van der Waals surface area (Å²) in [5.74, 6) is 1.22. The molecule has 138 valence electrons. The third kappa shape index (κ3) is 3.57. The lowest BCUT2D eigenvalue weighted by Crippen LogP contribution is -2.26. The van der Waals surface area contributed by atoms with Gasteiger partial charge in [-0.25, -0.2) is 9.97 Å². The van der Waals surface area contributed by atoms with Crippen molar-refractivity contribution in [1.82, 2.24) is 14.5 Å². The summed E-state index contributed by atoms with van der Waals surface area (Å²) < 4.78 is 7.39. The van der Waals surface area contributed by atoms with E-state index in [0.717, 1.165) is 22.5 Å². The van der Waals surface area contributed by atoms with Crippen LogP contribution in [-0.2, 0) is 5.75 Å². The lowest BCUT2D eigenvalue weighted by molar-refractivity contribution is 0.468. The van der Waals surface area contributed by atoms with E-state index in [9.17, 15) is 4.79 Å². The van der Waals surface area contributed by atoms with Crippen molar-refractivity contribution in [2.45, 2.75) is 37.2 Å². The van der Waals surface area contributed by atoms with Crippen molar-refractivity contribution in [2.75, 3.05) is 0 Å². The molecule has 0 saturated heterocycles. The molecule has 27 heavy (non-hydrogen) atoms. The molecule has 0 radical (unpaired) electrons. The molecule has 0 saturated carbocycles. The maximum atomic E-state index is 13.0. The second-order valence-corrected chi connectivity index (χ2v) is 8.14. The molecule has 0 unspecified atom stereocenters. The van der Waals surface area contributed by atoms with Crippen molar-refractivity contribution >= 4 is 34.0 Å². The second kappa shape index (κ2) is 7.70. The van der Waals surface area contributed by atoms with Crippen LogP contribution in [0.2, 0.25) is 0 Å². The molecule has 0 N–H and O–H groups in total. The Hall–Kier alpha value is -2.38. The van der Waals surface area contributed by atoms with Gasteiger partial charge in [-0.3, -0.25) is 9.36 Å². The highest BCUT2D eigenvalue weighted by Gasteiger charge is 2.16. The van der Waals surface area contributed by atoms with Crippen LogP contribution in [0.4, 0.5) is 0 Å². The number of thioether (sulfide) groups is 1. The van der Waals surface area contributed by atoms with Gasteiger partial charge >= 0.3 is 0 Å². The molecule has 3 heterocycles. The van der Waals surface area contributed by atoms with E-state index in [2.05, 4.69) is 11.9 Å². The van der Waals surface area contributed by atoms with Gasteiger partial charge < -0.3 is 4.42 Å². The molecule has 0 aliphatic carbocycles. The second-order valence-electron chi connectivity index (χ2n) is 6.25. The molecule has 0 bridgehead atoms. The minimum Gasteiger partial charge on any atom is -0.444 e. The van der Waals surface area contributed by atoms with E-state index in [1.165, 1.54) is 11.8 Å². The predicted octanol–water partition coefficient (Wildman–Crippen LogP) is 5.38. The summed E-state index contributed by atoms with van der Waals surface area (Å²) in [4.78, 5) is 23.3. The Balaban J connectivity index is 1.66. The standard InChI is InChI=1S/C20H19N3O2S2/c1-3-13(2)23-19(24)15-7-4-5-8-16(15)22-20(23)27-12-14-11-25-18(21-14)17-9-6-10-26-17/h4-11,13H,3,12H2,1-2H3/t13-/m0/s1. The predicted molar refractivity (Wildman–Crippen MR) is 110 cm³/mol. The fraction of sp³-hybridized carbons (Fsp3) is 0.250. The van der Waals surface area contributed by atoms with Crippen molar-refractivity contribution < 1.29 is 4.42 Å². The molecule has 3 aromatic heterocycles. The summed E-state index contributed by atoms with van der Waals surface area (Å²) in [7, 11) is 0. The Morgan fingerprint density at radius 1 is 1.22 bits per heavy atom. The van der Waals surface area contributed by atoms with Gasteiger partial charge in [0.25, 0.3) is 5.56 Å². The summed E-state index contributed by atoms with van der Waals surface area (Å²) in [6.45, 7) is 4.12. The summed E-state index contributed by atoms with van der Waals surface area (Å²) >= 11 is 3.11. The van der Waals surface area contributed by atoms with E-state index in [1.807, 2.05) is 48.7 Å². The Bertz CT molecular complexity index is 1120. The highest BCUT2D eigenvalue weighted by molar-refractivity contribution is 7.98. The quantitative estimate of drug-likeness (QED) is 0.323. The number of oxazole rings is 1. The van der Waals surface area contributed by atoms with E-state index in [-0.39, 0.29) is 11.6 Å². The number of aromatic nitrogens is 3. The Kier molecular flexibility index (Phi) is 5.13. The molecule has 4 rings (SSSR count). The van der Waals surface area contributed by atoms with Crippen LogP contribution in [0.15, 0.2) is 62.4 Å². The van der Waals surface area contributed by atoms with E-state index < -0.39 is 0 Å². The van der Waals surface area contributed by atoms with Gasteiger partial charge in [-0.15, -0.1) is 11.3 Å². The van der Waals surface area contributed by atoms with Crippen LogP contribution in [0.3, 0.4) is 0 Å². The number of hydrogen-bond donors (Lipinski definition) is 0. The third-order valence-corrected chi connectivity index (χ3v) is 6.28. The van der Waals surface area contributed by atoms with Crippen LogP contribution >= 0.6 is 23.1 Å². The largest absolute Gasteiger partial charge is 0.444 e. The van der Waals surface area contributed by atoms with Crippen LogP contribution in [-0.4, -0.2) is 14.5 Å². The minimum atomic E-state index is 0.0110. The number of benzene rings is 1. The molecule has 1 aromatic carbocycles. The topological polar surface area (TPSA) is 60.9 Å². The van der Waals surface area contributed by atoms with Gasteiger partial charge in [-0.05, 0) is 36.9 Å². The van der Waals surface area contributed by atoms with Gasteiger partial charge in [0.15, 0.2) is 5.16 Å². The number of para-hydroxylation sites is 1. The van der Waals surface area contributed by atoms with Crippen molar-refractivity contribution in [3.63, 3.8) is 0 Å². The van der Waals surface area contributed by atoms with E-state index in [1.54, 1.807) is 22.2 Å². The normalized spacial score (nSPS) is 12.5. The lowest BCUT2D eigenvalue weighted by Gasteiger charge is -2.17. The van der Waals surface area contributed by atoms with Crippen LogP contribution < -0.4 is 5.56 Å². The molecular weight excluding hydrogens is 378 g/mol. The number of hydrogen-bond acceptors (Lipinski definition) is 6. The molecule has 5 nitrogen and oxygen atoms in total. The van der Waals surface area contributed by atoms with Crippen molar-refractivity contribution in [3.8, 4) is 10.8 Å². The fourth-order valence-corrected chi connectivity index (χ4v) is 4.45. The third-order valence-electron chi connectivity index (χ3n) is 4.44. The molecule has 4 aromatic rings. The SMILES string of the molecule is CC[C@H](C)n1c(SCc2coc(-c3cccs3)n2)nc2ccccc2c1=O. The van der Waals surface area contributed by atoms with Crippen molar-refractivity contribution in [1.29, 1.82) is 0 Å². The monoisotopic (exact) mass is 397 g/mol. The molecule has 1 atom stereocenters. The lowest BCUT2D eigenvalue weighted by atomic mass is 10.2. The first-order valence-corrected chi connectivity index (χ1v) is 10.7. The summed E-state index contributed by atoms with van der Waals surface area (Å²) in [6, 6.07) is 11.5. The molecule has 7 heteroatoms. The van der Waals surface area contributed by atoms with E-state index >= 15 is 0 Å². The minimum absolute atomic E-state index is 0.0110. The average molecular weight is 398 g/mol. The molecule has 0 spiro atoms. The van der Waals surface area contributed by atoms with Gasteiger partial charge in [0.05, 0.1) is 21.5 Å². The molecule has 0 aliphatic rings. The van der Waals surface area contributed by atoms with Crippen molar-refractivity contribution in [2.24, 2.45) is 0 Å². The zero-order valence-electron chi connectivity index (χ0n) is 15.1. The van der Waals surface area contributed by atoms with Gasteiger partial charge in [-0.2, -0.15) is 0 Å². The first-order valence-electron chi connectivity index (χ1n) is 8.79. The summed E-state index contributed by atoms with van der Waals surface area (Å²) in [5.41, 5.74) is 1.57. The fourth-order valence-electron chi connectivity index (χ4n) is 2.82. The smallest absolute Gasteiger partial charge is 0.262 e. The Labute approximate surface area is 165 Å². The Morgan fingerprint density at radius 3 is 2.85 bits per heavy atom. The van der Waals surface area contributed by atoms with Gasteiger partial charge in [0, 0.05) is 11.8 Å². The zero-order valence-corrected chi connectivity index (χ0v) is 16.7. The van der Waals surface area contributed by atoms with Gasteiger partial charge in [0.2, 0.25) is 5.89 Å². The molecule has 0 fully saturated rings. The van der Waals surface area contributed by atoms with Crippen LogP contribution in [0.1, 0.15) is 32.0 Å². The number of fused-ring (bicyclic) bond motifs is 1. The maximum Gasteiger partial charge on any atom is 0.262 e. The van der Waals surface area contributed by atoms with E-state index in [0.29, 0.717) is 22.2 Å². The van der Waals surface area contributed by atoms with Gasteiger partial charge in [0.1, 0.15) is 6.26 Å². The maximum absolute atomic E-state index is 13.0. The summed E-state index contributed by atoms with van der Waals surface area (Å²) in [6.07, 6.45) is 2.54. The van der Waals surface area contributed by atoms with Crippen molar-refractivity contribution in [3.05, 3.63) is 64.1 Å². The highest BCUT2D eigenvalue weighted by Crippen LogP contribution is 2.28. The van der Waals surface area contributed by atoms with Gasteiger partial charge in [-0.1, -0.05) is 36.9 Å². The van der Waals surface area contributed by atoms with Crippen LogP contribution in [0.25, 0.3) is 21.7 Å². The Morgan fingerprint density at radius 2 is 2.07 bits per heavy atom. The number of thiophene rings is 1. The first kappa shape index (κ1) is 18.0. The zero-order chi connectivity index (χ0) is 18.8. The average Bonchev–Trinajstić information content (AvgIpc) is 3.37. The number of nitrogens with zero attached hydrogens (tertiary/aromatic N) is 3. The summed E-state index contributed by atoms with van der Waals surface area (Å²) in [5, 5.41) is 3.37. The molecule has 0 aliphatic heterocycles.